The van der Waals surface area contributed by atoms with Crippen LogP contribution in [0.25, 0.3) is 88.5 Å². The minimum absolute atomic E-state index is 0.0935. The largest absolute Gasteiger partial charge is 0.310 e. The standard InChI is InChI=1S/C47H28BN3/c1-3-11-29(12-4-1)31-20-22-41-36(25-31)34-15-9-17-38-46(34)50(41)43-27-33(40-19-7-8-24-49-40)28-44-45(43)48(38)39-18-10-16-35-37-26-32(30-13-5-2-6-14-30)21-23-42(37)51(44)47(35)39/h1-28H. The van der Waals surface area contributed by atoms with Crippen LogP contribution in [-0.2, 0) is 0 Å². The molecule has 12 rings (SSSR count). The maximum atomic E-state index is 4.87. The highest BCUT2D eigenvalue weighted by molar-refractivity contribution is 7.00. The third-order valence-corrected chi connectivity index (χ3v) is 11.3. The zero-order valence-corrected chi connectivity index (χ0v) is 27.6. The van der Waals surface area contributed by atoms with E-state index in [2.05, 4.69) is 167 Å². The molecule has 0 aliphatic carbocycles. The molecule has 0 N–H and O–H groups in total. The van der Waals surface area contributed by atoms with Gasteiger partial charge in [0.25, 0.3) is 6.71 Å². The zero-order valence-electron chi connectivity index (χ0n) is 27.6. The number of pyridine rings is 1. The first-order chi connectivity index (χ1) is 25.3. The van der Waals surface area contributed by atoms with Crippen LogP contribution in [0.2, 0.25) is 0 Å². The molecule has 0 spiro atoms. The Labute approximate surface area is 294 Å². The van der Waals surface area contributed by atoms with Gasteiger partial charge in [-0.15, -0.1) is 0 Å². The van der Waals surface area contributed by atoms with E-state index in [1.54, 1.807) is 0 Å². The summed E-state index contributed by atoms with van der Waals surface area (Å²) in [5.41, 5.74) is 18.6. The summed E-state index contributed by atoms with van der Waals surface area (Å²) < 4.78 is 5.09. The van der Waals surface area contributed by atoms with Gasteiger partial charge in [-0.1, -0.05) is 115 Å². The maximum absolute atomic E-state index is 4.87. The summed E-state index contributed by atoms with van der Waals surface area (Å²) in [5, 5.41) is 5.14. The first kappa shape index (κ1) is 27.2. The van der Waals surface area contributed by atoms with Crippen LogP contribution < -0.4 is 16.4 Å². The van der Waals surface area contributed by atoms with Crippen LogP contribution in [0.1, 0.15) is 0 Å². The second-order valence-corrected chi connectivity index (χ2v) is 13.9. The normalized spacial score (nSPS) is 12.7. The summed E-state index contributed by atoms with van der Waals surface area (Å²) in [6.45, 7) is 0.0935. The molecule has 4 heteroatoms. The number of hydrogen-bond donors (Lipinski definition) is 0. The first-order valence-corrected chi connectivity index (χ1v) is 17.7. The summed E-state index contributed by atoms with van der Waals surface area (Å²) >= 11 is 0. The second kappa shape index (κ2) is 9.96. The number of nitrogens with zero attached hydrogens (tertiary/aromatic N) is 3. The van der Waals surface area contributed by atoms with Gasteiger partial charge >= 0.3 is 0 Å². The Morgan fingerprint density at radius 3 is 1.43 bits per heavy atom. The molecule has 0 bridgehead atoms. The lowest BCUT2D eigenvalue weighted by atomic mass is 9.34. The number of aromatic nitrogens is 3. The van der Waals surface area contributed by atoms with Crippen LogP contribution >= 0.6 is 0 Å². The number of para-hydroxylation sites is 2. The van der Waals surface area contributed by atoms with E-state index >= 15 is 0 Å². The van der Waals surface area contributed by atoms with Gasteiger partial charge < -0.3 is 9.13 Å². The molecule has 234 valence electrons. The SMILES string of the molecule is c1ccc(-c2ccc3c(c2)c2cccc4c2n3-c2cc(-c3ccccn3)cc3c2B4c2cccc4c5cc(-c6ccccc6)ccc5n-3c24)cc1. The predicted molar refractivity (Wildman–Crippen MR) is 214 cm³/mol. The maximum Gasteiger partial charge on any atom is 0.252 e. The summed E-state index contributed by atoms with van der Waals surface area (Å²) in [4.78, 5) is 4.87. The lowest BCUT2D eigenvalue weighted by Crippen LogP contribution is -2.59. The summed E-state index contributed by atoms with van der Waals surface area (Å²) in [6, 6.07) is 60.3. The molecule has 51 heavy (non-hydrogen) atoms. The monoisotopic (exact) mass is 645 g/mol. The Balaban J connectivity index is 1.23. The summed E-state index contributed by atoms with van der Waals surface area (Å²) in [5.74, 6) is 0. The Bertz CT molecular complexity index is 2880. The van der Waals surface area contributed by atoms with Gasteiger partial charge in [0.1, 0.15) is 0 Å². The average Bonchev–Trinajstić information content (AvgIpc) is 3.72. The van der Waals surface area contributed by atoms with Gasteiger partial charge in [0.15, 0.2) is 0 Å². The van der Waals surface area contributed by atoms with Crippen molar-refractivity contribution in [1.82, 2.24) is 14.1 Å². The molecule has 3 aromatic heterocycles. The molecule has 5 heterocycles. The molecule has 7 aromatic carbocycles. The van der Waals surface area contributed by atoms with E-state index in [9.17, 15) is 0 Å². The van der Waals surface area contributed by atoms with E-state index in [-0.39, 0.29) is 6.71 Å². The number of rotatable bonds is 3. The van der Waals surface area contributed by atoms with Crippen LogP contribution in [0.3, 0.4) is 0 Å². The van der Waals surface area contributed by atoms with Crippen molar-refractivity contribution in [3.8, 4) is 44.9 Å². The highest BCUT2D eigenvalue weighted by Gasteiger charge is 2.41. The van der Waals surface area contributed by atoms with Crippen molar-refractivity contribution in [1.29, 1.82) is 0 Å². The number of hydrogen-bond acceptors (Lipinski definition) is 1. The van der Waals surface area contributed by atoms with Crippen LogP contribution in [0.15, 0.2) is 170 Å². The molecule has 0 saturated heterocycles. The van der Waals surface area contributed by atoms with Gasteiger partial charge in [-0.25, -0.2) is 0 Å². The molecule has 0 fully saturated rings. The number of fused-ring (bicyclic) bond motifs is 10. The Hall–Kier alpha value is -6.65. The van der Waals surface area contributed by atoms with Crippen molar-refractivity contribution in [2.75, 3.05) is 0 Å². The van der Waals surface area contributed by atoms with Gasteiger partial charge in [0.2, 0.25) is 0 Å². The van der Waals surface area contributed by atoms with Gasteiger partial charge in [-0.2, -0.15) is 0 Å². The highest BCUT2D eigenvalue weighted by Crippen LogP contribution is 2.42. The Morgan fingerprint density at radius 2 is 0.922 bits per heavy atom. The minimum atomic E-state index is 0.0935. The molecular formula is C47H28BN3. The second-order valence-electron chi connectivity index (χ2n) is 13.9. The smallest absolute Gasteiger partial charge is 0.252 e. The number of benzene rings is 7. The lowest BCUT2D eigenvalue weighted by Gasteiger charge is -2.34. The topological polar surface area (TPSA) is 22.8 Å². The average molecular weight is 646 g/mol. The van der Waals surface area contributed by atoms with Crippen molar-refractivity contribution < 1.29 is 0 Å². The van der Waals surface area contributed by atoms with Crippen LogP contribution in [0.5, 0.6) is 0 Å². The molecule has 2 aliphatic heterocycles. The Kier molecular flexibility index (Phi) is 5.32. The molecule has 3 nitrogen and oxygen atoms in total. The molecular weight excluding hydrogens is 617 g/mol. The molecule has 0 radical (unpaired) electrons. The molecule has 0 amide bonds. The fraction of sp³-hybridized carbons (Fsp3) is 0. The lowest BCUT2D eigenvalue weighted by molar-refractivity contribution is 1.14. The van der Waals surface area contributed by atoms with Crippen LogP contribution in [-0.4, -0.2) is 20.8 Å². The van der Waals surface area contributed by atoms with Crippen molar-refractivity contribution in [3.05, 3.63) is 170 Å². The quantitative estimate of drug-likeness (QED) is 0.176. The molecule has 0 atom stereocenters. The molecule has 0 unspecified atom stereocenters. The molecule has 2 aliphatic rings. The van der Waals surface area contributed by atoms with Crippen molar-refractivity contribution in [2.45, 2.75) is 0 Å². The fourth-order valence-electron chi connectivity index (χ4n) is 9.23. The van der Waals surface area contributed by atoms with E-state index in [0.29, 0.717) is 0 Å². The predicted octanol–water partition coefficient (Wildman–Crippen LogP) is 9.42. The van der Waals surface area contributed by atoms with Gasteiger partial charge in [0.05, 0.1) is 16.7 Å². The van der Waals surface area contributed by atoms with Crippen molar-refractivity contribution in [3.63, 3.8) is 0 Å². The highest BCUT2D eigenvalue weighted by atomic mass is 15.0. The van der Waals surface area contributed by atoms with E-state index in [1.165, 1.54) is 93.6 Å². The van der Waals surface area contributed by atoms with Crippen LogP contribution in [0, 0.1) is 0 Å². The summed E-state index contributed by atoms with van der Waals surface area (Å²) in [7, 11) is 0. The van der Waals surface area contributed by atoms with E-state index < -0.39 is 0 Å². The third kappa shape index (κ3) is 3.61. The van der Waals surface area contributed by atoms with Gasteiger partial charge in [-0.05, 0) is 87.2 Å². The molecule has 0 saturated carbocycles. The van der Waals surface area contributed by atoms with Crippen molar-refractivity contribution in [2.24, 2.45) is 0 Å². The summed E-state index contributed by atoms with van der Waals surface area (Å²) in [6.07, 6.45) is 1.90. The van der Waals surface area contributed by atoms with Crippen molar-refractivity contribution >= 4 is 66.7 Å². The Morgan fingerprint density at radius 1 is 0.392 bits per heavy atom. The minimum Gasteiger partial charge on any atom is -0.310 e. The van der Waals surface area contributed by atoms with E-state index in [1.807, 2.05) is 12.3 Å². The fourth-order valence-corrected chi connectivity index (χ4v) is 9.23. The van der Waals surface area contributed by atoms with Crippen LogP contribution in [0.4, 0.5) is 0 Å². The van der Waals surface area contributed by atoms with E-state index in [0.717, 1.165) is 11.3 Å². The van der Waals surface area contributed by atoms with Gasteiger partial charge in [-0.3, -0.25) is 4.98 Å². The van der Waals surface area contributed by atoms with E-state index in [4.69, 9.17) is 4.98 Å². The third-order valence-electron chi connectivity index (χ3n) is 11.3. The zero-order chi connectivity index (χ0) is 33.2. The molecule has 10 aromatic rings. The first-order valence-electron chi connectivity index (χ1n) is 17.7. The van der Waals surface area contributed by atoms with Gasteiger partial charge in [0, 0.05) is 55.7 Å².